The second-order valence-electron chi connectivity index (χ2n) is 4.47. The molecule has 0 unspecified atom stereocenters. The molecule has 0 spiro atoms. The molecule has 6 heteroatoms. The first-order chi connectivity index (χ1) is 10.1. The molecule has 1 amide bonds. The van der Waals surface area contributed by atoms with Crippen LogP contribution in [-0.2, 0) is 4.79 Å². The third-order valence-corrected chi connectivity index (χ3v) is 4.10. The third kappa shape index (κ3) is 2.98. The molecule has 1 aromatic carbocycles. The minimum Gasteiger partial charge on any atom is -0.497 e. The molecule has 1 atom stereocenters. The minimum absolute atomic E-state index is 0.103. The summed E-state index contributed by atoms with van der Waals surface area (Å²) in [5.74, 6) is 0.882. The number of hydrogen-bond donors (Lipinski definition) is 1. The fourth-order valence-corrected chi connectivity index (χ4v) is 2.98. The van der Waals surface area contributed by atoms with Gasteiger partial charge in [0.25, 0.3) is 0 Å². The van der Waals surface area contributed by atoms with E-state index in [9.17, 15) is 10.1 Å². The van der Waals surface area contributed by atoms with Crippen LogP contribution in [0.2, 0.25) is 0 Å². The molecule has 21 heavy (non-hydrogen) atoms. The van der Waals surface area contributed by atoms with Crippen molar-refractivity contribution in [3.05, 3.63) is 34.4 Å². The first kappa shape index (κ1) is 15.3. The minimum atomic E-state index is -0.323. The van der Waals surface area contributed by atoms with Crippen molar-refractivity contribution in [2.45, 2.75) is 12.3 Å². The van der Waals surface area contributed by atoms with Crippen molar-refractivity contribution in [1.29, 1.82) is 5.26 Å². The lowest BCUT2D eigenvalue weighted by Crippen LogP contribution is -2.30. The highest BCUT2D eigenvalue weighted by atomic mass is 32.2. The highest BCUT2D eigenvalue weighted by Crippen LogP contribution is 2.40. The van der Waals surface area contributed by atoms with Crippen molar-refractivity contribution in [1.82, 2.24) is 5.32 Å². The number of nitriles is 1. The zero-order chi connectivity index (χ0) is 15.4. The number of nitrogens with one attached hydrogen (secondary N) is 1. The Labute approximate surface area is 127 Å². The van der Waals surface area contributed by atoms with Gasteiger partial charge in [-0.3, -0.25) is 4.79 Å². The number of benzene rings is 1. The maximum absolute atomic E-state index is 11.9. The van der Waals surface area contributed by atoms with Crippen LogP contribution in [0.1, 0.15) is 17.9 Å². The van der Waals surface area contributed by atoms with Gasteiger partial charge in [-0.15, -0.1) is 11.8 Å². The largest absolute Gasteiger partial charge is 0.497 e. The summed E-state index contributed by atoms with van der Waals surface area (Å²) in [5.41, 5.74) is 1.34. The van der Waals surface area contributed by atoms with Crippen molar-refractivity contribution in [2.75, 3.05) is 20.5 Å². The van der Waals surface area contributed by atoms with E-state index in [2.05, 4.69) is 11.4 Å². The molecule has 0 radical (unpaired) electrons. The Morgan fingerprint density at radius 2 is 2.14 bits per heavy atom. The molecule has 0 saturated heterocycles. The number of nitrogens with zero attached hydrogens (tertiary/aromatic N) is 1. The van der Waals surface area contributed by atoms with E-state index in [4.69, 9.17) is 9.47 Å². The fourth-order valence-electron chi connectivity index (χ4n) is 2.36. The molecule has 1 aliphatic heterocycles. The number of thioether (sulfide) groups is 1. The van der Waals surface area contributed by atoms with E-state index in [1.54, 1.807) is 26.4 Å². The molecule has 5 nitrogen and oxygen atoms in total. The average molecular weight is 304 g/mol. The molecular weight excluding hydrogens is 288 g/mol. The van der Waals surface area contributed by atoms with Crippen LogP contribution in [0.25, 0.3) is 0 Å². The zero-order valence-corrected chi connectivity index (χ0v) is 12.9. The maximum Gasteiger partial charge on any atom is 0.225 e. The summed E-state index contributed by atoms with van der Waals surface area (Å²) in [4.78, 5) is 11.9. The van der Waals surface area contributed by atoms with Crippen LogP contribution in [0.5, 0.6) is 11.5 Å². The van der Waals surface area contributed by atoms with Crippen LogP contribution in [-0.4, -0.2) is 26.4 Å². The van der Waals surface area contributed by atoms with Gasteiger partial charge in [-0.05, 0) is 24.5 Å². The Balaban J connectivity index is 2.58. The molecule has 0 aromatic heterocycles. The highest BCUT2D eigenvalue weighted by Gasteiger charge is 2.31. The maximum atomic E-state index is 11.9. The lowest BCUT2D eigenvalue weighted by molar-refractivity contribution is -0.120. The van der Waals surface area contributed by atoms with E-state index in [1.807, 2.05) is 12.3 Å². The molecule has 1 aromatic rings. The molecular formula is C15H16N2O3S. The van der Waals surface area contributed by atoms with Crippen LogP contribution in [0.3, 0.4) is 0 Å². The summed E-state index contributed by atoms with van der Waals surface area (Å²) < 4.78 is 10.6. The van der Waals surface area contributed by atoms with Crippen LogP contribution in [0, 0.1) is 11.3 Å². The molecule has 0 saturated carbocycles. The van der Waals surface area contributed by atoms with Crippen LogP contribution in [0.4, 0.5) is 0 Å². The number of amides is 1. The van der Waals surface area contributed by atoms with E-state index in [1.165, 1.54) is 11.8 Å². The predicted molar refractivity (Wildman–Crippen MR) is 81.2 cm³/mol. The number of allylic oxidation sites excluding steroid dienone is 1. The topological polar surface area (TPSA) is 71.3 Å². The SMILES string of the molecule is COc1ccc(OC)c([C@@H]2CC(=O)NC(SC)=C2C#N)c1. The quantitative estimate of drug-likeness (QED) is 0.925. The Morgan fingerprint density at radius 3 is 2.71 bits per heavy atom. The third-order valence-electron chi connectivity index (χ3n) is 3.37. The van der Waals surface area contributed by atoms with Crippen molar-refractivity contribution >= 4 is 17.7 Å². The lowest BCUT2D eigenvalue weighted by atomic mass is 9.86. The summed E-state index contributed by atoms with van der Waals surface area (Å²) in [5, 5.41) is 12.8. The van der Waals surface area contributed by atoms with E-state index >= 15 is 0 Å². The summed E-state index contributed by atoms with van der Waals surface area (Å²) in [7, 11) is 3.15. The number of ether oxygens (including phenoxy) is 2. The number of methoxy groups -OCH3 is 2. The van der Waals surface area contributed by atoms with Crippen molar-refractivity contribution in [3.63, 3.8) is 0 Å². The Kier molecular flexibility index (Phi) is 4.76. The van der Waals surface area contributed by atoms with Gasteiger partial charge in [0.1, 0.15) is 11.5 Å². The van der Waals surface area contributed by atoms with Gasteiger partial charge in [0.05, 0.1) is 30.9 Å². The molecule has 110 valence electrons. The van der Waals surface area contributed by atoms with Gasteiger partial charge >= 0.3 is 0 Å². The summed E-state index contributed by atoms with van der Waals surface area (Å²) in [6, 6.07) is 7.60. The number of carbonyl (C=O) groups excluding carboxylic acids is 1. The highest BCUT2D eigenvalue weighted by molar-refractivity contribution is 8.02. The second-order valence-corrected chi connectivity index (χ2v) is 5.29. The number of hydrogen-bond acceptors (Lipinski definition) is 5. The second kappa shape index (κ2) is 6.55. The van der Waals surface area contributed by atoms with Gasteiger partial charge in [0.15, 0.2) is 0 Å². The van der Waals surface area contributed by atoms with Gasteiger partial charge in [0, 0.05) is 17.9 Å². The van der Waals surface area contributed by atoms with Gasteiger partial charge in [0.2, 0.25) is 5.91 Å². The van der Waals surface area contributed by atoms with E-state index in [0.717, 1.165) is 5.56 Å². The smallest absolute Gasteiger partial charge is 0.225 e. The molecule has 0 fully saturated rings. The first-order valence-corrected chi connectivity index (χ1v) is 7.57. The Bertz CT molecular complexity index is 634. The van der Waals surface area contributed by atoms with Crippen molar-refractivity contribution in [3.8, 4) is 17.6 Å². The van der Waals surface area contributed by atoms with Crippen LogP contribution >= 0.6 is 11.8 Å². The molecule has 1 heterocycles. The lowest BCUT2D eigenvalue weighted by Gasteiger charge is -2.25. The van der Waals surface area contributed by atoms with Gasteiger partial charge < -0.3 is 14.8 Å². The van der Waals surface area contributed by atoms with E-state index in [0.29, 0.717) is 22.1 Å². The Hall–Kier alpha value is -2.13. The summed E-state index contributed by atoms with van der Waals surface area (Å²) in [6.07, 6.45) is 2.05. The normalized spacial score (nSPS) is 18.0. The monoisotopic (exact) mass is 304 g/mol. The zero-order valence-electron chi connectivity index (χ0n) is 12.1. The van der Waals surface area contributed by atoms with Crippen LogP contribution < -0.4 is 14.8 Å². The number of carbonyl (C=O) groups is 1. The fraction of sp³-hybridized carbons (Fsp3) is 0.333. The van der Waals surface area contributed by atoms with E-state index in [-0.39, 0.29) is 18.2 Å². The van der Waals surface area contributed by atoms with Crippen molar-refractivity contribution < 1.29 is 14.3 Å². The predicted octanol–water partition coefficient (Wildman–Crippen LogP) is 2.41. The Morgan fingerprint density at radius 1 is 1.38 bits per heavy atom. The molecule has 1 N–H and O–H groups in total. The number of rotatable bonds is 4. The molecule has 2 rings (SSSR count). The van der Waals surface area contributed by atoms with Gasteiger partial charge in [-0.1, -0.05) is 0 Å². The first-order valence-electron chi connectivity index (χ1n) is 6.34. The van der Waals surface area contributed by atoms with Crippen LogP contribution in [0.15, 0.2) is 28.8 Å². The standard InChI is InChI=1S/C15H16N2O3S/c1-19-9-4-5-13(20-2)11(6-9)10-7-14(18)17-15(21-3)12(10)8-16/h4-6,10H,7H2,1-3H3,(H,17,18)/t10-/m0/s1. The van der Waals surface area contributed by atoms with Gasteiger partial charge in [-0.2, -0.15) is 5.26 Å². The van der Waals surface area contributed by atoms with E-state index < -0.39 is 0 Å². The summed E-state index contributed by atoms with van der Waals surface area (Å²) in [6.45, 7) is 0. The average Bonchev–Trinajstić information content (AvgIpc) is 2.53. The summed E-state index contributed by atoms with van der Waals surface area (Å²) >= 11 is 1.36. The molecule has 0 aliphatic carbocycles. The van der Waals surface area contributed by atoms with Gasteiger partial charge in [-0.25, -0.2) is 0 Å². The molecule has 1 aliphatic rings. The van der Waals surface area contributed by atoms with Crippen molar-refractivity contribution in [2.24, 2.45) is 0 Å². The molecule has 0 bridgehead atoms.